The van der Waals surface area contributed by atoms with E-state index in [1.165, 1.54) is 0 Å². The van der Waals surface area contributed by atoms with Crippen LogP contribution in [0.1, 0.15) is 29.7 Å². The van der Waals surface area contributed by atoms with E-state index in [4.69, 9.17) is 4.74 Å². The number of aromatic nitrogens is 3. The number of anilines is 2. The number of nitrogens with zero attached hydrogens (tertiary/aromatic N) is 5. The van der Waals surface area contributed by atoms with Crippen molar-refractivity contribution in [3.63, 3.8) is 0 Å². The molecule has 0 spiro atoms. The molecule has 4 heterocycles. The first-order valence-electron chi connectivity index (χ1n) is 10.0. The molecule has 0 bridgehead atoms. The van der Waals surface area contributed by atoms with Gasteiger partial charge in [-0.2, -0.15) is 0 Å². The summed E-state index contributed by atoms with van der Waals surface area (Å²) in [5, 5.41) is 5.43. The number of hydrogen-bond donors (Lipinski definition) is 2. The number of carbonyl (C=O) groups excluding carboxylic acids is 2. The van der Waals surface area contributed by atoms with E-state index in [9.17, 15) is 9.59 Å². The van der Waals surface area contributed by atoms with Crippen LogP contribution in [0.15, 0.2) is 24.7 Å². The lowest BCUT2D eigenvalue weighted by molar-refractivity contribution is -0.123. The molecular weight excluding hydrogens is 386 g/mol. The third kappa shape index (κ3) is 4.18. The molecule has 4 rings (SSSR count). The first-order valence-corrected chi connectivity index (χ1v) is 10.0. The molecule has 1 fully saturated rings. The maximum atomic E-state index is 12.0. The van der Waals surface area contributed by atoms with Gasteiger partial charge in [0.05, 0.1) is 35.7 Å². The lowest BCUT2D eigenvalue weighted by atomic mass is 10.2. The largest absolute Gasteiger partial charge is 0.477 e. The second-order valence-corrected chi connectivity index (χ2v) is 7.28. The quantitative estimate of drug-likeness (QED) is 0.738. The van der Waals surface area contributed by atoms with Crippen LogP contribution in [-0.4, -0.2) is 71.0 Å². The van der Waals surface area contributed by atoms with Crippen molar-refractivity contribution >= 4 is 23.2 Å². The fraction of sp³-hybridized carbons (Fsp3) is 0.450. The summed E-state index contributed by atoms with van der Waals surface area (Å²) in [6, 6.07) is 1.89. The van der Waals surface area contributed by atoms with Crippen molar-refractivity contribution in [3.8, 4) is 5.75 Å². The Morgan fingerprint density at radius 2 is 1.93 bits per heavy atom. The van der Waals surface area contributed by atoms with E-state index in [1.54, 1.807) is 25.6 Å². The highest BCUT2D eigenvalue weighted by molar-refractivity contribution is 5.97. The molecule has 0 saturated carbocycles. The molecule has 0 unspecified atom stereocenters. The Hall–Kier alpha value is -3.27. The predicted octanol–water partition coefficient (Wildman–Crippen LogP) is 0.663. The number of ether oxygens (including phenoxy) is 1. The summed E-state index contributed by atoms with van der Waals surface area (Å²) < 4.78 is 5.70. The average molecular weight is 411 g/mol. The van der Waals surface area contributed by atoms with Crippen molar-refractivity contribution in [1.29, 1.82) is 0 Å². The molecule has 0 aliphatic carbocycles. The van der Waals surface area contributed by atoms with Gasteiger partial charge in [-0.3, -0.25) is 19.5 Å². The Bertz CT molecular complexity index is 926. The molecule has 2 amide bonds. The molecule has 10 heteroatoms. The minimum absolute atomic E-state index is 0.111. The zero-order valence-electron chi connectivity index (χ0n) is 17.1. The number of rotatable bonds is 5. The highest BCUT2D eigenvalue weighted by atomic mass is 16.5. The van der Waals surface area contributed by atoms with Crippen LogP contribution < -0.4 is 20.3 Å². The van der Waals surface area contributed by atoms with E-state index < -0.39 is 6.10 Å². The molecule has 2 aromatic heterocycles. The third-order valence-electron chi connectivity index (χ3n) is 5.31. The summed E-state index contributed by atoms with van der Waals surface area (Å²) in [6.45, 7) is 5.98. The van der Waals surface area contributed by atoms with Crippen molar-refractivity contribution in [2.45, 2.75) is 26.0 Å². The van der Waals surface area contributed by atoms with Gasteiger partial charge in [0.1, 0.15) is 0 Å². The van der Waals surface area contributed by atoms with E-state index in [-0.39, 0.29) is 17.6 Å². The van der Waals surface area contributed by atoms with E-state index in [0.717, 1.165) is 37.6 Å². The normalized spacial score (nSPS) is 18.9. The molecular formula is C20H25N7O3. The minimum atomic E-state index is -0.451. The zero-order chi connectivity index (χ0) is 21.1. The van der Waals surface area contributed by atoms with Crippen molar-refractivity contribution in [1.82, 2.24) is 25.2 Å². The second-order valence-electron chi connectivity index (χ2n) is 7.28. The Morgan fingerprint density at radius 3 is 2.60 bits per heavy atom. The van der Waals surface area contributed by atoms with Gasteiger partial charge in [0.25, 0.3) is 11.8 Å². The second kappa shape index (κ2) is 8.62. The van der Waals surface area contributed by atoms with Crippen molar-refractivity contribution in [2.75, 3.05) is 43.4 Å². The zero-order valence-corrected chi connectivity index (χ0v) is 17.1. The van der Waals surface area contributed by atoms with Crippen LogP contribution in [-0.2, 0) is 11.3 Å². The van der Waals surface area contributed by atoms with Crippen LogP contribution in [0.25, 0.3) is 0 Å². The fourth-order valence-electron chi connectivity index (χ4n) is 3.56. The maximum absolute atomic E-state index is 12.0. The highest BCUT2D eigenvalue weighted by Crippen LogP contribution is 2.30. The number of carbonyl (C=O) groups is 2. The molecule has 2 aliphatic heterocycles. The topological polar surface area (TPSA) is 113 Å². The van der Waals surface area contributed by atoms with Gasteiger partial charge in [-0.05, 0) is 12.5 Å². The van der Waals surface area contributed by atoms with E-state index >= 15 is 0 Å². The molecule has 1 atom stereocenters. The number of pyridine rings is 1. The Labute approximate surface area is 174 Å². The van der Waals surface area contributed by atoms with Crippen LogP contribution in [0.3, 0.4) is 0 Å². The van der Waals surface area contributed by atoms with Gasteiger partial charge in [0.2, 0.25) is 5.82 Å². The summed E-state index contributed by atoms with van der Waals surface area (Å²) in [4.78, 5) is 40.9. The fourth-order valence-corrected chi connectivity index (χ4v) is 3.56. The molecule has 1 saturated heterocycles. The monoisotopic (exact) mass is 411 g/mol. The Morgan fingerprint density at radius 1 is 1.20 bits per heavy atom. The summed E-state index contributed by atoms with van der Waals surface area (Å²) in [7, 11) is 1.55. The van der Waals surface area contributed by atoms with Crippen molar-refractivity contribution < 1.29 is 14.3 Å². The van der Waals surface area contributed by atoms with Crippen LogP contribution in [0, 0.1) is 0 Å². The van der Waals surface area contributed by atoms with Crippen LogP contribution in [0.4, 0.5) is 11.4 Å². The smallest absolute Gasteiger partial charge is 0.288 e. The predicted molar refractivity (Wildman–Crippen MR) is 110 cm³/mol. The molecule has 2 N–H and O–H groups in total. The summed E-state index contributed by atoms with van der Waals surface area (Å²) >= 11 is 0. The van der Waals surface area contributed by atoms with Gasteiger partial charge < -0.3 is 20.3 Å². The van der Waals surface area contributed by atoms with E-state index in [1.807, 2.05) is 13.0 Å². The summed E-state index contributed by atoms with van der Waals surface area (Å²) in [6.07, 6.45) is 5.23. The first-order chi connectivity index (χ1) is 14.6. The van der Waals surface area contributed by atoms with Crippen LogP contribution in [0.2, 0.25) is 0 Å². The van der Waals surface area contributed by atoms with Crippen LogP contribution in [0.5, 0.6) is 5.75 Å². The van der Waals surface area contributed by atoms with E-state index in [2.05, 4.69) is 35.4 Å². The molecule has 10 nitrogen and oxygen atoms in total. The standard InChI is InChI=1S/C20H25N7O3/c1-3-16-19(28)25-15-8-13(22-11-17(15)30-16)12-26-4-6-27(7-5-26)14-9-23-18(24-10-14)20(29)21-2/h8-11,16H,3-7,12H2,1-2H3,(H,21,29)(H,25,28)/t16-/m0/s1. The van der Waals surface area contributed by atoms with Gasteiger partial charge in [-0.25, -0.2) is 9.97 Å². The molecule has 2 aromatic rings. The molecule has 0 radical (unpaired) electrons. The highest BCUT2D eigenvalue weighted by Gasteiger charge is 2.27. The maximum Gasteiger partial charge on any atom is 0.288 e. The average Bonchev–Trinajstić information content (AvgIpc) is 2.78. The number of nitrogens with one attached hydrogen (secondary N) is 2. The van der Waals surface area contributed by atoms with Gasteiger partial charge in [-0.1, -0.05) is 6.92 Å². The Balaban J connectivity index is 1.34. The number of amides is 2. The third-order valence-corrected chi connectivity index (χ3v) is 5.31. The molecule has 30 heavy (non-hydrogen) atoms. The lowest BCUT2D eigenvalue weighted by Gasteiger charge is -2.35. The van der Waals surface area contributed by atoms with Crippen LogP contribution >= 0.6 is 0 Å². The number of hydrogen-bond acceptors (Lipinski definition) is 8. The van der Waals surface area contributed by atoms with Gasteiger partial charge >= 0.3 is 0 Å². The van der Waals surface area contributed by atoms with Gasteiger partial charge in [0.15, 0.2) is 11.9 Å². The Kier molecular flexibility index (Phi) is 5.75. The lowest BCUT2D eigenvalue weighted by Crippen LogP contribution is -2.46. The molecule has 158 valence electrons. The molecule has 0 aromatic carbocycles. The van der Waals surface area contributed by atoms with Gasteiger partial charge in [-0.15, -0.1) is 0 Å². The SMILES string of the molecule is CC[C@@H]1Oc2cnc(CN3CCN(c4cnc(C(=O)NC)nc4)CC3)cc2NC1=O. The molecule has 2 aliphatic rings. The number of fused-ring (bicyclic) bond motifs is 1. The van der Waals surface area contributed by atoms with E-state index in [0.29, 0.717) is 24.4 Å². The first kappa shape index (κ1) is 20.0. The minimum Gasteiger partial charge on any atom is -0.477 e. The summed E-state index contributed by atoms with van der Waals surface area (Å²) in [5.41, 5.74) is 2.47. The van der Waals surface area contributed by atoms with Gasteiger partial charge in [0, 0.05) is 39.8 Å². The summed E-state index contributed by atoms with van der Waals surface area (Å²) in [5.74, 6) is 0.381. The number of piperazine rings is 1. The van der Waals surface area contributed by atoms with Crippen molar-refractivity contribution in [2.24, 2.45) is 0 Å². The van der Waals surface area contributed by atoms with Crippen molar-refractivity contribution in [3.05, 3.63) is 36.2 Å².